The Labute approximate surface area is 97.9 Å². The number of rotatable bonds is 4. The number of nitriles is 1. The summed E-state index contributed by atoms with van der Waals surface area (Å²) in [6, 6.07) is 5.97. The molecule has 0 aromatic carbocycles. The van der Waals surface area contributed by atoms with Crippen LogP contribution in [0.15, 0.2) is 18.3 Å². The summed E-state index contributed by atoms with van der Waals surface area (Å²) in [6.45, 7) is 3.59. The molecule has 0 saturated carbocycles. The minimum Gasteiger partial charge on any atom is -0.308 e. The summed E-state index contributed by atoms with van der Waals surface area (Å²) >= 11 is 1.53. The van der Waals surface area contributed by atoms with Crippen LogP contribution in [0.4, 0.5) is 0 Å². The van der Waals surface area contributed by atoms with Gasteiger partial charge in [0.25, 0.3) is 0 Å². The van der Waals surface area contributed by atoms with Crippen LogP contribution in [0.25, 0.3) is 0 Å². The van der Waals surface area contributed by atoms with Crippen LogP contribution >= 0.6 is 11.3 Å². The summed E-state index contributed by atoms with van der Waals surface area (Å²) in [7, 11) is 0. The fourth-order valence-electron chi connectivity index (χ4n) is 1.41. The number of hydrogen-bond donors (Lipinski definition) is 2. The van der Waals surface area contributed by atoms with Crippen molar-refractivity contribution >= 4 is 11.3 Å². The molecule has 5 heteroatoms. The van der Waals surface area contributed by atoms with Gasteiger partial charge in [0.05, 0.1) is 6.20 Å². The van der Waals surface area contributed by atoms with Crippen molar-refractivity contribution in [1.82, 2.24) is 15.5 Å². The number of nitrogens with one attached hydrogen (secondary N) is 2. The van der Waals surface area contributed by atoms with Crippen molar-refractivity contribution in [2.24, 2.45) is 0 Å². The Bertz CT molecular complexity index is 506. The van der Waals surface area contributed by atoms with Crippen molar-refractivity contribution < 1.29 is 0 Å². The molecule has 0 bridgehead atoms. The smallest absolute Gasteiger partial charge is 0.110 e. The first kappa shape index (κ1) is 10.9. The number of H-pyrrole nitrogens is 1. The Kier molecular flexibility index (Phi) is 3.34. The summed E-state index contributed by atoms with van der Waals surface area (Å²) in [5, 5.41) is 18.9. The van der Waals surface area contributed by atoms with Crippen molar-refractivity contribution in [3.8, 4) is 6.07 Å². The molecule has 0 fully saturated rings. The fourth-order valence-corrected chi connectivity index (χ4v) is 2.18. The first-order valence-electron chi connectivity index (χ1n) is 4.98. The Balaban J connectivity index is 1.85. The maximum Gasteiger partial charge on any atom is 0.110 e. The third-order valence-corrected chi connectivity index (χ3v) is 3.31. The third kappa shape index (κ3) is 2.48. The number of aryl methyl sites for hydroxylation is 1. The lowest BCUT2D eigenvalue weighted by atomic mass is 10.2. The summed E-state index contributed by atoms with van der Waals surface area (Å²) in [6.07, 6.45) is 1.83. The minimum absolute atomic E-state index is 0.760. The fraction of sp³-hybridized carbons (Fsp3) is 0.273. The van der Waals surface area contributed by atoms with Crippen molar-refractivity contribution in [1.29, 1.82) is 5.26 Å². The summed E-state index contributed by atoms with van der Waals surface area (Å²) in [5.74, 6) is 0. The monoisotopic (exact) mass is 232 g/mol. The molecule has 4 nitrogen and oxygen atoms in total. The molecule has 0 atom stereocenters. The lowest BCUT2D eigenvalue weighted by molar-refractivity contribution is 0.698. The van der Waals surface area contributed by atoms with E-state index in [2.05, 4.69) is 21.6 Å². The van der Waals surface area contributed by atoms with Gasteiger partial charge in [-0.2, -0.15) is 10.4 Å². The molecule has 0 amide bonds. The highest BCUT2D eigenvalue weighted by atomic mass is 32.1. The predicted octanol–water partition coefficient (Wildman–Crippen LogP) is 1.94. The van der Waals surface area contributed by atoms with Gasteiger partial charge < -0.3 is 5.32 Å². The molecule has 0 aliphatic heterocycles. The predicted molar refractivity (Wildman–Crippen MR) is 62.9 cm³/mol. The molecular formula is C11H12N4S. The topological polar surface area (TPSA) is 64.5 Å². The maximum absolute atomic E-state index is 8.69. The van der Waals surface area contributed by atoms with E-state index in [0.717, 1.165) is 23.7 Å². The molecule has 0 saturated heterocycles. The van der Waals surface area contributed by atoms with Crippen molar-refractivity contribution in [3.05, 3.63) is 39.3 Å². The van der Waals surface area contributed by atoms with E-state index in [1.54, 1.807) is 0 Å². The van der Waals surface area contributed by atoms with E-state index in [-0.39, 0.29) is 0 Å². The number of aromatic nitrogens is 2. The van der Waals surface area contributed by atoms with Crippen molar-refractivity contribution in [2.75, 3.05) is 0 Å². The zero-order valence-corrected chi connectivity index (χ0v) is 9.77. The molecule has 2 heterocycles. The van der Waals surface area contributed by atoms with Gasteiger partial charge in [-0.3, -0.25) is 5.10 Å². The number of nitrogens with zero attached hydrogens (tertiary/aromatic N) is 2. The van der Waals surface area contributed by atoms with Crippen LogP contribution in [0.2, 0.25) is 0 Å². The molecular weight excluding hydrogens is 220 g/mol. The number of thiophene rings is 1. The van der Waals surface area contributed by atoms with Gasteiger partial charge in [0.1, 0.15) is 10.9 Å². The van der Waals surface area contributed by atoms with Gasteiger partial charge >= 0.3 is 0 Å². The summed E-state index contributed by atoms with van der Waals surface area (Å²) < 4.78 is 0. The molecule has 2 N–H and O–H groups in total. The van der Waals surface area contributed by atoms with Crippen LogP contribution in [0.3, 0.4) is 0 Å². The van der Waals surface area contributed by atoms with E-state index < -0.39 is 0 Å². The largest absolute Gasteiger partial charge is 0.308 e. The van der Waals surface area contributed by atoms with Gasteiger partial charge in [0.15, 0.2) is 0 Å². The molecule has 2 rings (SSSR count). The SMILES string of the molecule is Cc1[nH]ncc1CNCc1ccc(C#N)s1. The average Bonchev–Trinajstić information content (AvgIpc) is 2.89. The normalized spacial score (nSPS) is 10.2. The Morgan fingerprint density at radius 1 is 1.50 bits per heavy atom. The second-order valence-electron chi connectivity index (χ2n) is 3.50. The zero-order chi connectivity index (χ0) is 11.4. The van der Waals surface area contributed by atoms with E-state index in [0.29, 0.717) is 0 Å². The van der Waals surface area contributed by atoms with Gasteiger partial charge in [-0.05, 0) is 19.1 Å². The maximum atomic E-state index is 8.69. The van der Waals surface area contributed by atoms with Crippen LogP contribution in [0.1, 0.15) is 21.0 Å². The Morgan fingerprint density at radius 3 is 3.00 bits per heavy atom. The van der Waals surface area contributed by atoms with Crippen LogP contribution < -0.4 is 5.32 Å². The second kappa shape index (κ2) is 4.92. The highest BCUT2D eigenvalue weighted by Crippen LogP contribution is 2.15. The summed E-state index contributed by atoms with van der Waals surface area (Å²) in [4.78, 5) is 1.94. The van der Waals surface area contributed by atoms with Gasteiger partial charge in [-0.25, -0.2) is 0 Å². The van der Waals surface area contributed by atoms with Crippen LogP contribution in [-0.4, -0.2) is 10.2 Å². The summed E-state index contributed by atoms with van der Waals surface area (Å²) in [5.41, 5.74) is 2.27. The molecule has 0 spiro atoms. The van der Waals surface area contributed by atoms with Gasteiger partial charge in [0.2, 0.25) is 0 Å². The van der Waals surface area contributed by atoms with Gasteiger partial charge in [0, 0.05) is 29.2 Å². The van der Waals surface area contributed by atoms with Crippen molar-refractivity contribution in [2.45, 2.75) is 20.0 Å². The van der Waals surface area contributed by atoms with E-state index in [9.17, 15) is 0 Å². The van der Waals surface area contributed by atoms with E-state index in [1.807, 2.05) is 25.3 Å². The van der Waals surface area contributed by atoms with E-state index in [4.69, 9.17) is 5.26 Å². The standard InChI is InChI=1S/C11H12N4S/c1-8-9(6-14-15-8)5-13-7-11-3-2-10(4-12)16-11/h2-3,6,13H,5,7H2,1H3,(H,14,15). The Morgan fingerprint density at radius 2 is 2.38 bits per heavy atom. The molecule has 2 aromatic rings. The Hall–Kier alpha value is -1.64. The molecule has 16 heavy (non-hydrogen) atoms. The molecule has 0 aliphatic carbocycles. The first-order chi connectivity index (χ1) is 7.79. The van der Waals surface area contributed by atoms with Crippen LogP contribution in [0.5, 0.6) is 0 Å². The molecule has 0 radical (unpaired) electrons. The van der Waals surface area contributed by atoms with Gasteiger partial charge in [-0.1, -0.05) is 0 Å². The first-order valence-corrected chi connectivity index (χ1v) is 5.79. The zero-order valence-electron chi connectivity index (χ0n) is 8.95. The molecule has 2 aromatic heterocycles. The minimum atomic E-state index is 0.760. The lowest BCUT2D eigenvalue weighted by Gasteiger charge is -2.01. The number of aromatic amines is 1. The number of hydrogen-bond acceptors (Lipinski definition) is 4. The van der Waals surface area contributed by atoms with Crippen LogP contribution in [0, 0.1) is 18.3 Å². The highest BCUT2D eigenvalue weighted by Gasteiger charge is 2.01. The van der Waals surface area contributed by atoms with E-state index >= 15 is 0 Å². The van der Waals surface area contributed by atoms with E-state index in [1.165, 1.54) is 21.8 Å². The van der Waals surface area contributed by atoms with Crippen LogP contribution in [-0.2, 0) is 13.1 Å². The highest BCUT2D eigenvalue weighted by molar-refractivity contribution is 7.12. The molecule has 82 valence electrons. The van der Waals surface area contributed by atoms with Crippen molar-refractivity contribution in [3.63, 3.8) is 0 Å². The quantitative estimate of drug-likeness (QED) is 0.846. The average molecular weight is 232 g/mol. The molecule has 0 aliphatic rings. The lowest BCUT2D eigenvalue weighted by Crippen LogP contribution is -2.11. The second-order valence-corrected chi connectivity index (χ2v) is 4.67. The molecule has 0 unspecified atom stereocenters. The van der Waals surface area contributed by atoms with Gasteiger partial charge in [-0.15, -0.1) is 11.3 Å². The third-order valence-electron chi connectivity index (χ3n) is 2.32.